The summed E-state index contributed by atoms with van der Waals surface area (Å²) in [4.78, 5) is 13.6. The smallest absolute Gasteiger partial charge is 0.247 e. The number of benzene rings is 1. The van der Waals surface area contributed by atoms with Crippen molar-refractivity contribution < 1.29 is 4.74 Å². The molecule has 0 aromatic heterocycles. The van der Waals surface area contributed by atoms with Crippen LogP contribution < -0.4 is 16.7 Å². The van der Waals surface area contributed by atoms with E-state index in [0.717, 1.165) is 41.4 Å². The Bertz CT molecular complexity index is 1040. The summed E-state index contributed by atoms with van der Waals surface area (Å²) in [5.74, 6) is 1.85. The molecular formula is C18H17ClN6O. The highest BCUT2D eigenvalue weighted by Crippen LogP contribution is 2.40. The molecule has 4 heterocycles. The van der Waals surface area contributed by atoms with E-state index >= 15 is 0 Å². The summed E-state index contributed by atoms with van der Waals surface area (Å²) < 4.78 is 7.32. The molecule has 0 unspecified atom stereocenters. The second kappa shape index (κ2) is 5.96. The zero-order valence-electron chi connectivity index (χ0n) is 13.9. The quantitative estimate of drug-likeness (QED) is 0.675. The van der Waals surface area contributed by atoms with Gasteiger partial charge in [0.1, 0.15) is 17.7 Å². The fraction of sp³-hybridized carbons (Fsp3) is 0.278. The molecule has 0 bridgehead atoms. The zero-order chi connectivity index (χ0) is 17.7. The van der Waals surface area contributed by atoms with E-state index in [-0.39, 0.29) is 6.04 Å². The average molecular weight is 369 g/mol. The molecule has 1 fully saturated rings. The van der Waals surface area contributed by atoms with Crippen LogP contribution in [0.4, 0.5) is 11.5 Å². The number of nitrogens with zero attached hydrogens (tertiary/aromatic N) is 4. The fourth-order valence-electron chi connectivity index (χ4n) is 3.35. The number of aromatic nitrogens is 3. The molecule has 0 aliphatic carbocycles. The first kappa shape index (κ1) is 15.6. The lowest BCUT2D eigenvalue weighted by molar-refractivity contribution is 0.0112. The first-order chi connectivity index (χ1) is 12.7. The Labute approximate surface area is 154 Å². The van der Waals surface area contributed by atoms with Crippen molar-refractivity contribution in [3.63, 3.8) is 0 Å². The van der Waals surface area contributed by atoms with Gasteiger partial charge < -0.3 is 20.4 Å². The number of pyridine rings is 1. The number of nitrogen functional groups attached to an aromatic ring is 1. The van der Waals surface area contributed by atoms with Gasteiger partial charge in [-0.3, -0.25) is 0 Å². The van der Waals surface area contributed by atoms with Gasteiger partial charge in [0, 0.05) is 36.0 Å². The molecule has 0 amide bonds. The zero-order valence-corrected chi connectivity index (χ0v) is 14.7. The highest BCUT2D eigenvalue weighted by atomic mass is 35.5. The van der Waals surface area contributed by atoms with Crippen LogP contribution in [-0.2, 0) is 11.3 Å². The SMILES string of the molecule is Nc1cccc(-c2cc3cnc(=NC4COC4)nc-3n3c2NCC3)c1Cl. The number of halogens is 1. The largest absolute Gasteiger partial charge is 0.398 e. The number of nitrogens with one attached hydrogen (secondary N) is 1. The normalized spacial score (nSPS) is 17.2. The molecule has 1 aromatic carbocycles. The number of nitrogens with two attached hydrogens (primary N) is 1. The highest BCUT2D eigenvalue weighted by molar-refractivity contribution is 6.36. The fourth-order valence-corrected chi connectivity index (χ4v) is 3.58. The number of hydrogen-bond donors (Lipinski definition) is 2. The maximum Gasteiger partial charge on any atom is 0.247 e. The number of anilines is 2. The highest BCUT2D eigenvalue weighted by Gasteiger charge is 2.24. The molecule has 7 nitrogen and oxygen atoms in total. The van der Waals surface area contributed by atoms with Crippen LogP contribution in [0, 0.1) is 0 Å². The number of hydrogen-bond acceptors (Lipinski definition) is 6. The van der Waals surface area contributed by atoms with Gasteiger partial charge in [-0.1, -0.05) is 23.7 Å². The molecule has 4 aliphatic rings. The van der Waals surface area contributed by atoms with Crippen molar-refractivity contribution in [2.45, 2.75) is 12.6 Å². The number of ether oxygens (including phenoxy) is 1. The van der Waals surface area contributed by atoms with Crippen LogP contribution in [0.3, 0.4) is 0 Å². The molecular weight excluding hydrogens is 352 g/mol. The first-order valence-corrected chi connectivity index (χ1v) is 8.89. The average Bonchev–Trinajstić information content (AvgIpc) is 3.10. The van der Waals surface area contributed by atoms with Crippen LogP contribution in [0.5, 0.6) is 0 Å². The molecule has 0 spiro atoms. The van der Waals surface area contributed by atoms with Crippen molar-refractivity contribution in [2.24, 2.45) is 4.99 Å². The lowest BCUT2D eigenvalue weighted by atomic mass is 10.0. The van der Waals surface area contributed by atoms with Crippen molar-refractivity contribution in [2.75, 3.05) is 30.8 Å². The van der Waals surface area contributed by atoms with Crippen molar-refractivity contribution in [3.05, 3.63) is 41.1 Å². The lowest BCUT2D eigenvalue weighted by Gasteiger charge is -2.21. The van der Waals surface area contributed by atoms with E-state index in [1.54, 1.807) is 6.07 Å². The Morgan fingerprint density at radius 2 is 2.19 bits per heavy atom. The van der Waals surface area contributed by atoms with Crippen molar-refractivity contribution in [1.29, 1.82) is 0 Å². The minimum absolute atomic E-state index is 0.161. The van der Waals surface area contributed by atoms with Crippen LogP contribution in [0.15, 0.2) is 35.5 Å². The van der Waals surface area contributed by atoms with Gasteiger partial charge in [-0.25, -0.2) is 9.98 Å². The summed E-state index contributed by atoms with van der Waals surface area (Å²) in [5, 5.41) is 4.00. The molecule has 3 N–H and O–H groups in total. The summed E-state index contributed by atoms with van der Waals surface area (Å²) >= 11 is 6.47. The molecule has 0 atom stereocenters. The van der Waals surface area contributed by atoms with Gasteiger partial charge in [-0.2, -0.15) is 4.98 Å². The second-order valence-corrected chi connectivity index (χ2v) is 6.84. The molecule has 0 radical (unpaired) electrons. The first-order valence-electron chi connectivity index (χ1n) is 8.51. The van der Waals surface area contributed by atoms with Gasteiger partial charge in [0.05, 0.1) is 23.9 Å². The monoisotopic (exact) mass is 368 g/mol. The summed E-state index contributed by atoms with van der Waals surface area (Å²) in [6.45, 7) is 2.93. The van der Waals surface area contributed by atoms with Crippen LogP contribution in [0.2, 0.25) is 5.02 Å². The van der Waals surface area contributed by atoms with Crippen molar-refractivity contribution >= 4 is 23.1 Å². The minimum atomic E-state index is 0.161. The minimum Gasteiger partial charge on any atom is -0.398 e. The lowest BCUT2D eigenvalue weighted by Crippen LogP contribution is -2.34. The predicted octanol–water partition coefficient (Wildman–Crippen LogP) is 2.01. The van der Waals surface area contributed by atoms with E-state index in [1.807, 2.05) is 18.3 Å². The third-order valence-electron chi connectivity index (χ3n) is 4.73. The molecule has 8 heteroatoms. The van der Waals surface area contributed by atoms with Gasteiger partial charge in [0.25, 0.3) is 0 Å². The van der Waals surface area contributed by atoms with Gasteiger partial charge in [0.15, 0.2) is 0 Å². The van der Waals surface area contributed by atoms with E-state index < -0.39 is 0 Å². The molecule has 4 aliphatic heterocycles. The van der Waals surface area contributed by atoms with Crippen LogP contribution in [0.25, 0.3) is 22.5 Å². The van der Waals surface area contributed by atoms with E-state index in [0.29, 0.717) is 29.5 Å². The third kappa shape index (κ3) is 2.43. The van der Waals surface area contributed by atoms with E-state index in [1.165, 1.54) is 0 Å². The Morgan fingerprint density at radius 3 is 3.00 bits per heavy atom. The predicted molar refractivity (Wildman–Crippen MR) is 100 cm³/mol. The van der Waals surface area contributed by atoms with Crippen molar-refractivity contribution in [3.8, 4) is 22.5 Å². The van der Waals surface area contributed by atoms with Crippen LogP contribution in [-0.4, -0.2) is 40.3 Å². The van der Waals surface area contributed by atoms with Gasteiger partial charge in [-0.15, -0.1) is 0 Å². The summed E-state index contributed by atoms with van der Waals surface area (Å²) in [5.41, 5.74) is 9.89. The summed E-state index contributed by atoms with van der Waals surface area (Å²) in [6, 6.07) is 7.90. The van der Waals surface area contributed by atoms with Gasteiger partial charge >= 0.3 is 0 Å². The van der Waals surface area contributed by atoms with Gasteiger partial charge in [0.2, 0.25) is 5.62 Å². The Balaban J connectivity index is 1.72. The van der Waals surface area contributed by atoms with Crippen molar-refractivity contribution in [1.82, 2.24) is 14.5 Å². The maximum absolute atomic E-state index is 6.47. The summed E-state index contributed by atoms with van der Waals surface area (Å²) in [7, 11) is 0. The Kier molecular flexibility index (Phi) is 3.58. The standard InChI is InChI=1S/C18H17ClN6O/c19-15-12(2-1-3-14(15)20)13-6-10-7-22-18(23-11-8-26-9-11)24-16(10)25-5-4-21-17(13)25/h1-3,6-7,11,21H,4-5,8-9,20H2. The maximum atomic E-state index is 6.47. The molecule has 1 saturated heterocycles. The number of fused-ring (bicyclic) bond motifs is 3. The van der Waals surface area contributed by atoms with E-state index in [9.17, 15) is 0 Å². The summed E-state index contributed by atoms with van der Waals surface area (Å²) in [6.07, 6.45) is 1.82. The molecule has 26 heavy (non-hydrogen) atoms. The van der Waals surface area contributed by atoms with Gasteiger partial charge in [-0.05, 0) is 12.1 Å². The third-order valence-corrected chi connectivity index (χ3v) is 5.15. The Morgan fingerprint density at radius 1 is 1.31 bits per heavy atom. The molecule has 0 saturated carbocycles. The number of rotatable bonds is 2. The molecule has 1 aromatic rings. The van der Waals surface area contributed by atoms with E-state index in [2.05, 4.69) is 30.9 Å². The second-order valence-electron chi connectivity index (χ2n) is 6.46. The van der Waals surface area contributed by atoms with Crippen LogP contribution >= 0.6 is 11.6 Å². The topological polar surface area (TPSA) is 90.3 Å². The molecule has 5 rings (SSSR count). The molecule has 132 valence electrons. The Hall–Kier alpha value is -2.64. The van der Waals surface area contributed by atoms with Crippen LogP contribution in [0.1, 0.15) is 0 Å². The van der Waals surface area contributed by atoms with E-state index in [4.69, 9.17) is 22.1 Å².